The van der Waals surface area contributed by atoms with Crippen molar-refractivity contribution in [3.63, 3.8) is 0 Å². The zero-order chi connectivity index (χ0) is 14.4. The van der Waals surface area contributed by atoms with Gasteiger partial charge < -0.3 is 10.6 Å². The van der Waals surface area contributed by atoms with Crippen molar-refractivity contribution >= 4 is 11.6 Å². The van der Waals surface area contributed by atoms with Gasteiger partial charge in [0.2, 0.25) is 5.91 Å². The number of likely N-dealkylation sites (N-methyl/N-ethyl adjacent to an activating group) is 1. The smallest absolute Gasteiger partial charge is 0.269 e. The highest BCUT2D eigenvalue weighted by Gasteiger charge is 2.17. The van der Waals surface area contributed by atoms with E-state index < -0.39 is 11.0 Å². The molecule has 0 unspecified atom stereocenters. The molecule has 1 rings (SSSR count). The first-order chi connectivity index (χ1) is 8.95. The summed E-state index contributed by atoms with van der Waals surface area (Å²) < 4.78 is 0. The van der Waals surface area contributed by atoms with E-state index in [1.165, 1.54) is 17.0 Å². The Morgan fingerprint density at radius 3 is 2.79 bits per heavy atom. The zero-order valence-electron chi connectivity index (χ0n) is 11.2. The molecule has 0 aliphatic rings. The zero-order valence-corrected chi connectivity index (χ0v) is 11.2. The number of nitrogens with zero attached hydrogens (tertiary/aromatic N) is 2. The van der Waals surface area contributed by atoms with Crippen LogP contribution in [0.1, 0.15) is 25.3 Å². The van der Waals surface area contributed by atoms with Gasteiger partial charge in [0, 0.05) is 25.7 Å². The molecule has 0 aliphatic carbocycles. The number of benzene rings is 1. The Labute approximate surface area is 112 Å². The lowest BCUT2D eigenvalue weighted by Gasteiger charge is -2.21. The highest BCUT2D eigenvalue weighted by atomic mass is 16.6. The molecule has 0 bridgehead atoms. The molecule has 6 nitrogen and oxygen atoms in total. The van der Waals surface area contributed by atoms with E-state index in [0.29, 0.717) is 18.5 Å². The van der Waals surface area contributed by atoms with Crippen LogP contribution < -0.4 is 5.73 Å². The standard InChI is InChI=1S/C13H19N3O3/c1-3-5-12(14)13(17)15(2)9-10-6-4-7-11(8-10)16(18)19/h4,6-8,12H,3,5,9,14H2,1-2H3/t12-/m1/s1. The summed E-state index contributed by atoms with van der Waals surface area (Å²) in [4.78, 5) is 23.6. The van der Waals surface area contributed by atoms with Crippen molar-refractivity contribution in [2.24, 2.45) is 5.73 Å². The quantitative estimate of drug-likeness (QED) is 0.626. The first-order valence-corrected chi connectivity index (χ1v) is 6.19. The number of nitro groups is 1. The van der Waals surface area contributed by atoms with Gasteiger partial charge in [-0.25, -0.2) is 0 Å². The molecular weight excluding hydrogens is 246 g/mol. The van der Waals surface area contributed by atoms with Crippen molar-refractivity contribution in [2.75, 3.05) is 7.05 Å². The number of non-ortho nitro benzene ring substituents is 1. The molecule has 0 spiro atoms. The highest BCUT2D eigenvalue weighted by Crippen LogP contribution is 2.14. The number of amides is 1. The molecule has 0 saturated heterocycles. The third-order valence-corrected chi connectivity index (χ3v) is 2.83. The first-order valence-electron chi connectivity index (χ1n) is 6.19. The predicted octanol–water partition coefficient (Wildman–Crippen LogP) is 1.68. The van der Waals surface area contributed by atoms with Crippen molar-refractivity contribution in [1.82, 2.24) is 4.90 Å². The fraction of sp³-hybridized carbons (Fsp3) is 0.462. The minimum absolute atomic E-state index is 0.0243. The summed E-state index contributed by atoms with van der Waals surface area (Å²) in [6.45, 7) is 2.28. The molecule has 2 N–H and O–H groups in total. The summed E-state index contributed by atoms with van der Waals surface area (Å²) in [5.74, 6) is -0.145. The van der Waals surface area contributed by atoms with E-state index in [0.717, 1.165) is 6.42 Å². The number of nitrogens with two attached hydrogens (primary N) is 1. The van der Waals surface area contributed by atoms with Gasteiger partial charge in [-0.2, -0.15) is 0 Å². The Morgan fingerprint density at radius 2 is 2.21 bits per heavy atom. The van der Waals surface area contributed by atoms with Crippen LogP contribution in [0, 0.1) is 10.1 Å². The normalized spacial score (nSPS) is 11.9. The lowest BCUT2D eigenvalue weighted by atomic mass is 10.1. The lowest BCUT2D eigenvalue weighted by molar-refractivity contribution is -0.384. The second kappa shape index (κ2) is 6.84. The van der Waals surface area contributed by atoms with Crippen molar-refractivity contribution in [3.05, 3.63) is 39.9 Å². The third-order valence-electron chi connectivity index (χ3n) is 2.83. The Bertz CT molecular complexity index is 462. The van der Waals surface area contributed by atoms with Crippen LogP contribution in [0.4, 0.5) is 5.69 Å². The SMILES string of the molecule is CCC[C@@H](N)C(=O)N(C)Cc1cccc([N+](=O)[O-])c1. The molecule has 0 aromatic heterocycles. The van der Waals surface area contributed by atoms with Crippen LogP contribution >= 0.6 is 0 Å². The lowest BCUT2D eigenvalue weighted by Crippen LogP contribution is -2.41. The third kappa shape index (κ3) is 4.33. The largest absolute Gasteiger partial charge is 0.340 e. The van der Waals surface area contributed by atoms with Gasteiger partial charge in [0.15, 0.2) is 0 Å². The number of hydrogen-bond donors (Lipinski definition) is 1. The molecule has 1 atom stereocenters. The van der Waals surface area contributed by atoms with Crippen LogP contribution in [-0.2, 0) is 11.3 Å². The summed E-state index contributed by atoms with van der Waals surface area (Å²) in [6, 6.07) is 5.75. The van der Waals surface area contributed by atoms with E-state index in [2.05, 4.69) is 0 Å². The van der Waals surface area contributed by atoms with E-state index >= 15 is 0 Å². The fourth-order valence-electron chi connectivity index (χ4n) is 1.84. The molecule has 104 valence electrons. The van der Waals surface area contributed by atoms with Crippen LogP contribution in [0.3, 0.4) is 0 Å². The number of nitro benzene ring substituents is 1. The average molecular weight is 265 g/mol. The second-order valence-corrected chi connectivity index (χ2v) is 4.52. The molecule has 0 radical (unpaired) electrons. The predicted molar refractivity (Wildman–Crippen MR) is 72.5 cm³/mol. The summed E-state index contributed by atoms with van der Waals surface area (Å²) in [7, 11) is 1.65. The molecule has 0 aliphatic heterocycles. The van der Waals surface area contributed by atoms with Crippen LogP contribution in [0.25, 0.3) is 0 Å². The summed E-state index contributed by atoms with van der Waals surface area (Å²) in [6.07, 6.45) is 1.48. The number of carbonyl (C=O) groups is 1. The Hall–Kier alpha value is -1.95. The van der Waals surface area contributed by atoms with E-state index in [-0.39, 0.29) is 11.6 Å². The van der Waals surface area contributed by atoms with Crippen LogP contribution in [0.15, 0.2) is 24.3 Å². The van der Waals surface area contributed by atoms with Crippen molar-refractivity contribution in [3.8, 4) is 0 Å². The van der Waals surface area contributed by atoms with Crippen molar-refractivity contribution in [2.45, 2.75) is 32.4 Å². The van der Waals surface area contributed by atoms with Gasteiger partial charge in [0.1, 0.15) is 0 Å². The van der Waals surface area contributed by atoms with E-state index in [1.807, 2.05) is 6.92 Å². The van der Waals surface area contributed by atoms with Crippen LogP contribution in [0.5, 0.6) is 0 Å². The Morgan fingerprint density at radius 1 is 1.53 bits per heavy atom. The molecule has 1 amide bonds. The number of carbonyl (C=O) groups excluding carboxylic acids is 1. The van der Waals surface area contributed by atoms with Gasteiger partial charge in [-0.1, -0.05) is 25.5 Å². The van der Waals surface area contributed by atoms with Crippen molar-refractivity contribution in [1.29, 1.82) is 0 Å². The van der Waals surface area contributed by atoms with Gasteiger partial charge in [-0.05, 0) is 12.0 Å². The fourth-order valence-corrected chi connectivity index (χ4v) is 1.84. The van der Waals surface area contributed by atoms with Crippen LogP contribution in [-0.4, -0.2) is 28.8 Å². The molecule has 0 saturated carbocycles. The monoisotopic (exact) mass is 265 g/mol. The van der Waals surface area contributed by atoms with E-state index in [9.17, 15) is 14.9 Å². The van der Waals surface area contributed by atoms with E-state index in [4.69, 9.17) is 5.73 Å². The van der Waals surface area contributed by atoms with Gasteiger partial charge >= 0.3 is 0 Å². The minimum atomic E-state index is -0.506. The summed E-state index contributed by atoms with van der Waals surface area (Å²) >= 11 is 0. The van der Waals surface area contributed by atoms with E-state index in [1.54, 1.807) is 19.2 Å². The minimum Gasteiger partial charge on any atom is -0.340 e. The molecule has 0 fully saturated rings. The van der Waals surface area contributed by atoms with Crippen molar-refractivity contribution < 1.29 is 9.72 Å². The van der Waals surface area contributed by atoms with Gasteiger partial charge in [0.05, 0.1) is 11.0 Å². The highest BCUT2D eigenvalue weighted by molar-refractivity contribution is 5.81. The topological polar surface area (TPSA) is 89.5 Å². The van der Waals surface area contributed by atoms with Gasteiger partial charge in [0.25, 0.3) is 5.69 Å². The molecule has 19 heavy (non-hydrogen) atoms. The summed E-state index contributed by atoms with van der Waals surface area (Å²) in [5.41, 5.74) is 6.50. The maximum Gasteiger partial charge on any atom is 0.269 e. The molecule has 1 aromatic rings. The number of hydrogen-bond acceptors (Lipinski definition) is 4. The molecular formula is C13H19N3O3. The maximum absolute atomic E-state index is 11.9. The Balaban J connectivity index is 2.71. The van der Waals surface area contributed by atoms with Gasteiger partial charge in [-0.15, -0.1) is 0 Å². The second-order valence-electron chi connectivity index (χ2n) is 4.52. The maximum atomic E-state index is 11.9. The summed E-state index contributed by atoms with van der Waals surface area (Å²) in [5, 5.41) is 10.7. The molecule has 1 aromatic carbocycles. The first kappa shape index (κ1) is 15.1. The molecule has 6 heteroatoms. The molecule has 0 heterocycles. The van der Waals surface area contributed by atoms with Gasteiger partial charge in [-0.3, -0.25) is 14.9 Å². The van der Waals surface area contributed by atoms with Crippen LogP contribution in [0.2, 0.25) is 0 Å². The Kier molecular flexibility index (Phi) is 5.44. The number of rotatable bonds is 6. The average Bonchev–Trinajstić information content (AvgIpc) is 2.38.